The summed E-state index contributed by atoms with van der Waals surface area (Å²) in [6, 6.07) is 0. The molecule has 0 aromatic heterocycles. The number of ether oxygens (including phenoxy) is 2. The molecule has 0 spiro atoms. The lowest BCUT2D eigenvalue weighted by atomic mass is 9.97. The number of hydrogen-bond donors (Lipinski definition) is 0. The molecule has 0 saturated carbocycles. The van der Waals surface area contributed by atoms with Crippen molar-refractivity contribution in [2.75, 3.05) is 13.2 Å². The van der Waals surface area contributed by atoms with Gasteiger partial charge in [0.2, 0.25) is 0 Å². The van der Waals surface area contributed by atoms with Crippen LogP contribution in [0.5, 0.6) is 0 Å². The first-order valence-corrected chi connectivity index (χ1v) is 5.89. The van der Waals surface area contributed by atoms with E-state index < -0.39 is 10.8 Å². The van der Waals surface area contributed by atoms with Gasteiger partial charge < -0.3 is 9.47 Å². The van der Waals surface area contributed by atoms with Gasteiger partial charge in [-0.2, -0.15) is 0 Å². The molecule has 0 saturated heterocycles. The second-order valence-corrected chi connectivity index (χ2v) is 6.13. The maximum atomic E-state index is 11.4. The van der Waals surface area contributed by atoms with Gasteiger partial charge in [0, 0.05) is 6.42 Å². The van der Waals surface area contributed by atoms with Crippen molar-refractivity contribution in [3.8, 4) is 0 Å². The Morgan fingerprint density at radius 1 is 0.765 bits per heavy atom. The highest BCUT2D eigenvalue weighted by molar-refractivity contribution is 5.75. The summed E-state index contributed by atoms with van der Waals surface area (Å²) in [5, 5.41) is 0. The van der Waals surface area contributed by atoms with Crippen LogP contribution in [0.4, 0.5) is 0 Å². The SMILES string of the molecule is CC(C)(C)C(=O)OCCCOC(=O)C(C)(C)C. The van der Waals surface area contributed by atoms with E-state index in [9.17, 15) is 9.59 Å². The molecule has 17 heavy (non-hydrogen) atoms. The highest BCUT2D eigenvalue weighted by atomic mass is 16.5. The first-order chi connectivity index (χ1) is 7.55. The molecule has 100 valence electrons. The van der Waals surface area contributed by atoms with Crippen LogP contribution in [0.15, 0.2) is 0 Å². The van der Waals surface area contributed by atoms with Gasteiger partial charge in [-0.1, -0.05) is 0 Å². The minimum atomic E-state index is -0.484. The van der Waals surface area contributed by atoms with E-state index in [-0.39, 0.29) is 25.2 Å². The smallest absolute Gasteiger partial charge is 0.311 e. The van der Waals surface area contributed by atoms with Gasteiger partial charge in [-0.3, -0.25) is 9.59 Å². The molecule has 4 heteroatoms. The molecule has 0 aliphatic carbocycles. The zero-order chi connectivity index (χ0) is 13.7. The predicted molar refractivity (Wildman–Crippen MR) is 65.4 cm³/mol. The summed E-state index contributed by atoms with van der Waals surface area (Å²) in [6.07, 6.45) is 0.531. The highest BCUT2D eigenvalue weighted by Gasteiger charge is 2.24. The Morgan fingerprint density at radius 3 is 1.29 bits per heavy atom. The van der Waals surface area contributed by atoms with Crippen LogP contribution in [-0.4, -0.2) is 25.2 Å². The molecule has 0 aliphatic rings. The van der Waals surface area contributed by atoms with Crippen molar-refractivity contribution >= 4 is 11.9 Å². The number of carbonyl (C=O) groups is 2. The Morgan fingerprint density at radius 2 is 1.06 bits per heavy atom. The van der Waals surface area contributed by atoms with E-state index in [1.807, 2.05) is 0 Å². The highest BCUT2D eigenvalue weighted by Crippen LogP contribution is 2.16. The normalized spacial score (nSPS) is 12.1. The topological polar surface area (TPSA) is 52.6 Å². The van der Waals surface area contributed by atoms with Crippen molar-refractivity contribution in [1.29, 1.82) is 0 Å². The van der Waals surface area contributed by atoms with Crippen molar-refractivity contribution < 1.29 is 19.1 Å². The van der Waals surface area contributed by atoms with Crippen molar-refractivity contribution in [2.45, 2.75) is 48.0 Å². The lowest BCUT2D eigenvalue weighted by molar-refractivity contribution is -0.155. The summed E-state index contributed by atoms with van der Waals surface area (Å²) in [4.78, 5) is 22.8. The second-order valence-electron chi connectivity index (χ2n) is 6.13. The molecular weight excluding hydrogens is 220 g/mol. The second kappa shape index (κ2) is 6.03. The molecule has 0 amide bonds. The zero-order valence-electron chi connectivity index (χ0n) is 11.8. The molecule has 0 aliphatic heterocycles. The average molecular weight is 244 g/mol. The monoisotopic (exact) mass is 244 g/mol. The molecular formula is C13H24O4. The van der Waals surface area contributed by atoms with Crippen molar-refractivity contribution in [2.24, 2.45) is 10.8 Å². The Bertz CT molecular complexity index is 240. The van der Waals surface area contributed by atoms with Crippen LogP contribution in [-0.2, 0) is 19.1 Å². The first kappa shape index (κ1) is 15.9. The van der Waals surface area contributed by atoms with Crippen LogP contribution < -0.4 is 0 Å². The van der Waals surface area contributed by atoms with Gasteiger partial charge in [0.15, 0.2) is 0 Å². The molecule has 0 fully saturated rings. The third-order valence-corrected chi connectivity index (χ3v) is 1.98. The predicted octanol–water partition coefficient (Wildman–Crippen LogP) is 2.56. The molecule has 0 aromatic rings. The summed E-state index contributed by atoms with van der Waals surface area (Å²) < 4.78 is 10.1. The first-order valence-electron chi connectivity index (χ1n) is 5.89. The van der Waals surface area contributed by atoms with E-state index in [0.29, 0.717) is 6.42 Å². The number of hydrogen-bond acceptors (Lipinski definition) is 4. The van der Waals surface area contributed by atoms with Crippen LogP contribution in [0.3, 0.4) is 0 Å². The summed E-state index contributed by atoms with van der Waals surface area (Å²) in [5.41, 5.74) is -0.968. The van der Waals surface area contributed by atoms with Crippen LogP contribution >= 0.6 is 0 Å². The third-order valence-electron chi connectivity index (χ3n) is 1.98. The molecule has 0 rings (SSSR count). The van der Waals surface area contributed by atoms with Crippen LogP contribution in [0, 0.1) is 10.8 Å². The molecule has 0 heterocycles. The van der Waals surface area contributed by atoms with Crippen molar-refractivity contribution in [3.63, 3.8) is 0 Å². The molecule has 0 atom stereocenters. The standard InChI is InChI=1S/C13H24O4/c1-12(2,3)10(14)16-8-7-9-17-11(15)13(4,5)6/h7-9H2,1-6H3. The van der Waals surface area contributed by atoms with Gasteiger partial charge >= 0.3 is 11.9 Å². The van der Waals surface area contributed by atoms with Gasteiger partial charge in [-0.15, -0.1) is 0 Å². The maximum Gasteiger partial charge on any atom is 0.311 e. The quantitative estimate of drug-likeness (QED) is 0.563. The van der Waals surface area contributed by atoms with E-state index in [0.717, 1.165) is 0 Å². The van der Waals surface area contributed by atoms with Crippen LogP contribution in [0.2, 0.25) is 0 Å². The molecule has 0 N–H and O–H groups in total. The van der Waals surface area contributed by atoms with Crippen molar-refractivity contribution in [1.82, 2.24) is 0 Å². The summed E-state index contributed by atoms with van der Waals surface area (Å²) in [7, 11) is 0. The van der Waals surface area contributed by atoms with Gasteiger partial charge in [0.25, 0.3) is 0 Å². The number of carbonyl (C=O) groups excluding carboxylic acids is 2. The Hall–Kier alpha value is -1.06. The Kier molecular flexibility index (Phi) is 5.66. The van der Waals surface area contributed by atoms with E-state index >= 15 is 0 Å². The molecule has 0 bridgehead atoms. The third kappa shape index (κ3) is 6.97. The fourth-order valence-electron chi connectivity index (χ4n) is 0.822. The van der Waals surface area contributed by atoms with Gasteiger partial charge in [0.1, 0.15) is 0 Å². The summed E-state index contributed by atoms with van der Waals surface area (Å²) in [6.45, 7) is 11.4. The summed E-state index contributed by atoms with van der Waals surface area (Å²) in [5.74, 6) is -0.473. The zero-order valence-corrected chi connectivity index (χ0v) is 11.8. The van der Waals surface area contributed by atoms with E-state index in [1.54, 1.807) is 41.5 Å². The maximum absolute atomic E-state index is 11.4. The van der Waals surface area contributed by atoms with E-state index in [2.05, 4.69) is 0 Å². The number of esters is 2. The fourth-order valence-corrected chi connectivity index (χ4v) is 0.822. The van der Waals surface area contributed by atoms with Crippen molar-refractivity contribution in [3.05, 3.63) is 0 Å². The Labute approximate surface area is 104 Å². The lowest BCUT2D eigenvalue weighted by Gasteiger charge is -2.18. The van der Waals surface area contributed by atoms with Gasteiger partial charge in [0.05, 0.1) is 24.0 Å². The van der Waals surface area contributed by atoms with Crippen LogP contribution in [0.1, 0.15) is 48.0 Å². The molecule has 0 radical (unpaired) electrons. The molecule has 0 unspecified atom stereocenters. The number of rotatable bonds is 4. The summed E-state index contributed by atoms with van der Waals surface area (Å²) >= 11 is 0. The largest absolute Gasteiger partial charge is 0.465 e. The van der Waals surface area contributed by atoms with E-state index in [1.165, 1.54) is 0 Å². The minimum Gasteiger partial charge on any atom is -0.465 e. The van der Waals surface area contributed by atoms with Gasteiger partial charge in [-0.05, 0) is 41.5 Å². The molecule has 4 nitrogen and oxygen atoms in total. The molecule has 0 aromatic carbocycles. The lowest BCUT2D eigenvalue weighted by Crippen LogP contribution is -2.25. The van der Waals surface area contributed by atoms with Crippen LogP contribution in [0.25, 0.3) is 0 Å². The minimum absolute atomic E-state index is 0.236. The fraction of sp³-hybridized carbons (Fsp3) is 0.846. The Balaban J connectivity index is 3.68. The van der Waals surface area contributed by atoms with Gasteiger partial charge in [-0.25, -0.2) is 0 Å². The average Bonchev–Trinajstić information content (AvgIpc) is 2.13. The van der Waals surface area contributed by atoms with E-state index in [4.69, 9.17) is 9.47 Å².